The Labute approximate surface area is 506 Å². The second-order valence-electron chi connectivity index (χ2n) is 24.0. The van der Waals surface area contributed by atoms with Gasteiger partial charge >= 0.3 is 5.97 Å². The van der Waals surface area contributed by atoms with Crippen LogP contribution in [0.15, 0.2) is 59.4 Å². The Morgan fingerprint density at radius 3 is 2.22 bits per heavy atom. The van der Waals surface area contributed by atoms with Gasteiger partial charge in [0, 0.05) is 54.8 Å². The number of rotatable bonds is 28. The molecule has 0 spiro atoms. The van der Waals surface area contributed by atoms with Gasteiger partial charge in [-0.2, -0.15) is 0 Å². The molecular weight excluding hydrogens is 1140 g/mol. The van der Waals surface area contributed by atoms with E-state index < -0.39 is 132 Å². The second-order valence-corrected chi connectivity index (χ2v) is 24.0. The fraction of sp³-hybridized carbons (Fsp3) is 0.500. The van der Waals surface area contributed by atoms with E-state index in [1.165, 1.54) is 10.6 Å². The van der Waals surface area contributed by atoms with Crippen LogP contribution >= 0.6 is 0 Å². The van der Waals surface area contributed by atoms with Crippen molar-refractivity contribution < 1.29 is 71.6 Å². The van der Waals surface area contributed by atoms with E-state index >= 15 is 4.39 Å². The van der Waals surface area contributed by atoms with E-state index in [0.717, 1.165) is 22.6 Å². The van der Waals surface area contributed by atoms with Gasteiger partial charge in [-0.05, 0) is 114 Å². The molecule has 1 fully saturated rings. The minimum atomic E-state index is -2.07. The number of hydrogen-bond acceptors (Lipinski definition) is 17. The van der Waals surface area contributed by atoms with Crippen LogP contribution in [0.5, 0.6) is 0 Å². The lowest BCUT2D eigenvalue weighted by molar-refractivity contribution is -0.172. The fourth-order valence-corrected chi connectivity index (χ4v) is 11.3. The molecule has 1 saturated carbocycles. The Balaban J connectivity index is 0.777. The molecule has 470 valence electrons. The van der Waals surface area contributed by atoms with E-state index in [9.17, 15) is 53.1 Å². The molecular formula is C62H75FN10O15. The van der Waals surface area contributed by atoms with E-state index in [2.05, 4.69) is 37.2 Å². The van der Waals surface area contributed by atoms with E-state index in [4.69, 9.17) is 23.9 Å². The zero-order valence-electron chi connectivity index (χ0n) is 50.3. The first kappa shape index (κ1) is 64.2. The summed E-state index contributed by atoms with van der Waals surface area (Å²) in [6, 6.07) is 8.41. The van der Waals surface area contributed by atoms with Gasteiger partial charge in [0.05, 0.1) is 72.5 Å². The number of aryl methyl sites for hydroxylation is 1. The number of aliphatic hydroxyl groups is 1. The van der Waals surface area contributed by atoms with Crippen LogP contribution in [0.25, 0.3) is 22.3 Å². The molecule has 5 heterocycles. The molecule has 88 heavy (non-hydrogen) atoms. The molecule has 2 aromatic heterocycles. The van der Waals surface area contributed by atoms with Gasteiger partial charge in [0.25, 0.3) is 17.4 Å². The monoisotopic (exact) mass is 1220 g/mol. The first-order chi connectivity index (χ1) is 41.8. The van der Waals surface area contributed by atoms with E-state index in [-0.39, 0.29) is 49.6 Å². The summed E-state index contributed by atoms with van der Waals surface area (Å²) in [4.78, 5) is 139. The first-order valence-electron chi connectivity index (χ1n) is 29.4. The smallest absolute Gasteiger partial charge is 0.343 e. The lowest BCUT2D eigenvalue weighted by Crippen LogP contribution is -2.56. The number of imide groups is 1. The van der Waals surface area contributed by atoms with Crippen LogP contribution in [-0.4, -0.2) is 155 Å². The Morgan fingerprint density at radius 1 is 0.852 bits per heavy atom. The summed E-state index contributed by atoms with van der Waals surface area (Å²) in [5.74, 6) is -7.21. The number of aromatic nitrogens is 2. The maximum atomic E-state index is 15.6. The van der Waals surface area contributed by atoms with E-state index in [1.54, 1.807) is 57.4 Å². The number of nitrogens with zero attached hydrogens (tertiary/aromatic N) is 3. The van der Waals surface area contributed by atoms with Crippen molar-refractivity contribution in [2.45, 2.75) is 141 Å². The Hall–Kier alpha value is -8.30. The number of amides is 8. The molecule has 8 N–H and O–H groups in total. The molecule has 0 saturated heterocycles. The van der Waals surface area contributed by atoms with Crippen molar-refractivity contribution in [2.75, 3.05) is 53.2 Å². The molecule has 4 aromatic rings. The third-order valence-corrected chi connectivity index (χ3v) is 16.8. The van der Waals surface area contributed by atoms with Crippen molar-refractivity contribution in [2.24, 2.45) is 5.92 Å². The number of carbonyl (C=O) groups is 9. The highest BCUT2D eigenvalue weighted by atomic mass is 19.1. The summed E-state index contributed by atoms with van der Waals surface area (Å²) in [5, 5.41) is 30.9. The minimum absolute atomic E-state index is 0.00876. The van der Waals surface area contributed by atoms with Gasteiger partial charge in [0.1, 0.15) is 37.3 Å². The number of pyridine rings is 2. The number of esters is 1. The largest absolute Gasteiger partial charge is 0.458 e. The highest BCUT2D eigenvalue weighted by molar-refractivity contribution is 6.15. The summed E-state index contributed by atoms with van der Waals surface area (Å²) in [6.45, 7) is 8.87. The first-order valence-corrected chi connectivity index (χ1v) is 29.4. The van der Waals surface area contributed by atoms with Crippen LogP contribution in [0, 0.1) is 18.7 Å². The lowest BCUT2D eigenvalue weighted by atomic mass is 9.81. The van der Waals surface area contributed by atoms with Gasteiger partial charge in [-0.15, -0.1) is 0 Å². The number of benzene rings is 2. The quantitative estimate of drug-likeness (QED) is 0.0150. The lowest BCUT2D eigenvalue weighted by Gasteiger charge is -2.31. The zero-order valence-corrected chi connectivity index (χ0v) is 50.3. The summed E-state index contributed by atoms with van der Waals surface area (Å²) >= 11 is 0. The molecule has 3 aliphatic heterocycles. The van der Waals surface area contributed by atoms with Crippen LogP contribution in [0.3, 0.4) is 0 Å². The maximum Gasteiger partial charge on any atom is 0.343 e. The summed E-state index contributed by atoms with van der Waals surface area (Å²) < 4.78 is 39.8. The molecule has 26 heteroatoms. The summed E-state index contributed by atoms with van der Waals surface area (Å²) in [6.07, 6.45) is 3.60. The SMILES string of the molecule is CC[C@@]1(O)C(=O)OCc2c1cc1n(c2=O)Cc2c-1nc1cc(F)c(C)c3c1c2[C@@H](NC(=O)[C@@H](OCNC(=O)CNC(=O)[C@H](Cc1ccccc1)NC(=O)CNC(=O)CNC(=O)[C@H](CNCCC(C)(C)OCC(C)(C)OC)N1C(=O)C=CC1=O)C1CC1)CC3. The van der Waals surface area contributed by atoms with Gasteiger partial charge in [-0.1, -0.05) is 37.3 Å². The number of ether oxygens (including phenoxy) is 4. The highest BCUT2D eigenvalue weighted by Crippen LogP contribution is 2.46. The standard InChI is InChI=1S/C62H75FN10O15/c1-8-62(84)39-23-44-53-37(29-72(44)58(82)38(39)30-86-59(62)83)52-41(17-16-36-33(2)40(63)24-42(70-53)51(36)52)71-57(81)54(35-14-15-35)87-32-68-47(75)27-66-55(79)43(22-34-12-10-9-11-13-34)69-48(76)28-65-46(74)26-67-56(80)45(73-49(77)18-19-50(73)78)25-64-21-20-60(3,4)88-31-61(5,6)85-7/h9-13,18-19,23-24,35,41,43,45,54,64,84H,8,14-17,20-22,25-32H2,1-7H3,(H,65,74)(H,66,79)(H,67,80)(H,68,75)(H,69,76)(H,71,81)/t41-,43-,45-,54-,62-/m0/s1. The minimum Gasteiger partial charge on any atom is -0.458 e. The molecule has 0 bridgehead atoms. The predicted molar refractivity (Wildman–Crippen MR) is 314 cm³/mol. The number of methoxy groups -OCH3 is 1. The third kappa shape index (κ3) is 14.2. The number of carbonyl (C=O) groups excluding carboxylic acids is 9. The van der Waals surface area contributed by atoms with Crippen molar-refractivity contribution in [1.29, 1.82) is 0 Å². The summed E-state index contributed by atoms with van der Waals surface area (Å²) in [7, 11) is 1.59. The van der Waals surface area contributed by atoms with Crippen LogP contribution in [0.2, 0.25) is 0 Å². The van der Waals surface area contributed by atoms with Gasteiger partial charge in [0.15, 0.2) is 5.60 Å². The highest BCUT2D eigenvalue weighted by Gasteiger charge is 2.47. The molecule has 2 aromatic carbocycles. The zero-order chi connectivity index (χ0) is 63.4. The number of fused-ring (bicyclic) bond motifs is 5. The number of halogens is 1. The van der Waals surface area contributed by atoms with Crippen LogP contribution in [-0.2, 0) is 93.7 Å². The van der Waals surface area contributed by atoms with Gasteiger partial charge < -0.3 is 65.8 Å². The topological polar surface area (TPSA) is 333 Å². The Kier molecular flexibility index (Phi) is 19.4. The Morgan fingerprint density at radius 2 is 1.53 bits per heavy atom. The molecule has 0 radical (unpaired) electrons. The van der Waals surface area contributed by atoms with Crippen LogP contribution < -0.4 is 42.8 Å². The van der Waals surface area contributed by atoms with Gasteiger partial charge in [0.2, 0.25) is 35.4 Å². The molecule has 5 atom stereocenters. The number of nitrogens with one attached hydrogen (secondary N) is 7. The predicted octanol–water partition coefficient (Wildman–Crippen LogP) is 1.07. The average molecular weight is 1220 g/mol. The third-order valence-electron chi connectivity index (χ3n) is 16.8. The average Bonchev–Trinajstić information content (AvgIpc) is 1.49. The van der Waals surface area contributed by atoms with Gasteiger partial charge in [-0.25, -0.2) is 14.2 Å². The number of cyclic esters (lactones) is 1. The summed E-state index contributed by atoms with van der Waals surface area (Å²) in [5.41, 5.74) is 0.719. The van der Waals surface area contributed by atoms with Crippen LogP contribution in [0.4, 0.5) is 4.39 Å². The molecule has 0 unspecified atom stereocenters. The molecule has 5 aliphatic rings. The van der Waals surface area contributed by atoms with Crippen molar-refractivity contribution in [3.8, 4) is 11.4 Å². The molecule has 8 amide bonds. The maximum absolute atomic E-state index is 15.6. The molecule has 25 nitrogen and oxygen atoms in total. The van der Waals surface area contributed by atoms with Gasteiger partial charge in [-0.3, -0.25) is 48.1 Å². The van der Waals surface area contributed by atoms with Crippen molar-refractivity contribution in [3.63, 3.8) is 0 Å². The van der Waals surface area contributed by atoms with Crippen molar-refractivity contribution >= 4 is 64.1 Å². The van der Waals surface area contributed by atoms with E-state index in [1.807, 2.05) is 27.7 Å². The van der Waals surface area contributed by atoms with Crippen molar-refractivity contribution in [3.05, 3.63) is 110 Å². The fourth-order valence-electron chi connectivity index (χ4n) is 11.3. The Bertz CT molecular complexity index is 3530. The molecule has 9 rings (SSSR count). The van der Waals surface area contributed by atoms with Crippen LogP contribution in [0.1, 0.15) is 112 Å². The normalized spacial score (nSPS) is 18.6. The van der Waals surface area contributed by atoms with E-state index in [0.29, 0.717) is 89.8 Å². The second kappa shape index (κ2) is 26.6. The van der Waals surface area contributed by atoms with Crippen molar-refractivity contribution in [1.82, 2.24) is 51.7 Å². The molecule has 2 aliphatic carbocycles. The number of hydrogen-bond donors (Lipinski definition) is 8.